The number of phenolic OH excluding ortho intramolecular Hbond substituents is 1. The van der Waals surface area contributed by atoms with Gasteiger partial charge in [0.05, 0.1) is 23.6 Å². The Bertz CT molecular complexity index is 1080. The second-order valence-electron chi connectivity index (χ2n) is 8.29. The van der Waals surface area contributed by atoms with E-state index in [0.717, 1.165) is 16.7 Å². The second kappa shape index (κ2) is 8.89. The molecule has 1 aliphatic rings. The van der Waals surface area contributed by atoms with Crippen molar-refractivity contribution < 1.29 is 15.0 Å². The van der Waals surface area contributed by atoms with Crippen LogP contribution in [0.4, 0.5) is 5.82 Å². The van der Waals surface area contributed by atoms with Crippen molar-refractivity contribution in [2.75, 3.05) is 31.1 Å². The van der Waals surface area contributed by atoms with E-state index >= 15 is 0 Å². The van der Waals surface area contributed by atoms with E-state index in [1.54, 1.807) is 18.2 Å². The minimum atomic E-state index is -0.613. The maximum atomic E-state index is 12.5. The number of fused-ring (bicyclic) bond motifs is 1. The first-order chi connectivity index (χ1) is 14.9. The van der Waals surface area contributed by atoms with Gasteiger partial charge >= 0.3 is 0 Å². The predicted octanol–water partition coefficient (Wildman–Crippen LogP) is 3.06. The van der Waals surface area contributed by atoms with Crippen molar-refractivity contribution in [1.82, 2.24) is 14.9 Å². The largest absolute Gasteiger partial charge is 0.507 e. The molecule has 1 aromatic heterocycles. The van der Waals surface area contributed by atoms with Crippen LogP contribution in [0.25, 0.3) is 22.3 Å². The molecule has 1 atom stereocenters. The average molecular weight is 421 g/mol. The predicted molar refractivity (Wildman–Crippen MR) is 121 cm³/mol. The van der Waals surface area contributed by atoms with Crippen molar-refractivity contribution >= 4 is 22.6 Å². The third-order valence-corrected chi connectivity index (χ3v) is 5.81. The molecule has 2 aromatic carbocycles. The summed E-state index contributed by atoms with van der Waals surface area (Å²) in [6, 6.07) is 14.9. The fourth-order valence-electron chi connectivity index (χ4n) is 3.80. The number of nitrogens with zero attached hydrogens (tertiary/aromatic N) is 4. The number of piperazine rings is 1. The molecule has 0 bridgehead atoms. The Morgan fingerprint density at radius 3 is 2.39 bits per heavy atom. The number of carbonyl (C=O) groups excluding carboxylic acids is 1. The molecule has 1 saturated heterocycles. The van der Waals surface area contributed by atoms with Crippen LogP contribution in [0.2, 0.25) is 0 Å². The Morgan fingerprint density at radius 1 is 1.00 bits per heavy atom. The molecule has 0 saturated carbocycles. The lowest BCUT2D eigenvalue weighted by Gasteiger charge is -2.36. The first-order valence-corrected chi connectivity index (χ1v) is 10.7. The summed E-state index contributed by atoms with van der Waals surface area (Å²) in [5.41, 5.74) is 1.40. The van der Waals surface area contributed by atoms with Crippen LogP contribution in [0, 0.1) is 5.92 Å². The SMILES string of the molecule is CC(C)C(O)CC(=O)N1CCN(c2nc(-c3ccccc3O)nc3ccccc23)CC1. The molecule has 7 heteroatoms. The van der Waals surface area contributed by atoms with Gasteiger partial charge in [0.25, 0.3) is 0 Å². The quantitative estimate of drug-likeness (QED) is 0.659. The molecule has 162 valence electrons. The second-order valence-corrected chi connectivity index (χ2v) is 8.29. The summed E-state index contributed by atoms with van der Waals surface area (Å²) >= 11 is 0. The number of amides is 1. The highest BCUT2D eigenvalue weighted by Gasteiger charge is 2.26. The van der Waals surface area contributed by atoms with Crippen molar-refractivity contribution in [2.24, 2.45) is 5.92 Å². The molecule has 0 radical (unpaired) electrons. The van der Waals surface area contributed by atoms with E-state index in [-0.39, 0.29) is 24.0 Å². The maximum Gasteiger partial charge on any atom is 0.225 e. The van der Waals surface area contributed by atoms with Gasteiger partial charge in [-0.25, -0.2) is 9.97 Å². The average Bonchev–Trinajstić information content (AvgIpc) is 2.78. The van der Waals surface area contributed by atoms with Gasteiger partial charge in [0, 0.05) is 31.6 Å². The lowest BCUT2D eigenvalue weighted by molar-refractivity contribution is -0.134. The van der Waals surface area contributed by atoms with Crippen LogP contribution in [0.5, 0.6) is 5.75 Å². The molecule has 0 aliphatic carbocycles. The van der Waals surface area contributed by atoms with Crippen LogP contribution in [-0.4, -0.2) is 63.3 Å². The molecular weight excluding hydrogens is 392 g/mol. The fraction of sp³-hybridized carbons (Fsp3) is 0.375. The molecule has 3 aromatic rings. The van der Waals surface area contributed by atoms with Crippen LogP contribution < -0.4 is 4.90 Å². The van der Waals surface area contributed by atoms with Crippen molar-refractivity contribution in [3.8, 4) is 17.1 Å². The van der Waals surface area contributed by atoms with Gasteiger partial charge in [-0.3, -0.25) is 4.79 Å². The Morgan fingerprint density at radius 2 is 1.68 bits per heavy atom. The molecular formula is C24H28N4O3. The number of rotatable bonds is 5. The molecule has 2 N–H and O–H groups in total. The van der Waals surface area contributed by atoms with Gasteiger partial charge in [-0.15, -0.1) is 0 Å². The molecule has 1 fully saturated rings. The minimum absolute atomic E-state index is 0.0108. The Hall–Kier alpha value is -3.19. The zero-order valence-corrected chi connectivity index (χ0v) is 17.9. The van der Waals surface area contributed by atoms with E-state index < -0.39 is 6.10 Å². The number of hydrogen-bond donors (Lipinski definition) is 2. The summed E-state index contributed by atoms with van der Waals surface area (Å²) in [6.07, 6.45) is -0.455. The van der Waals surface area contributed by atoms with Gasteiger partial charge in [-0.2, -0.15) is 0 Å². The van der Waals surface area contributed by atoms with Crippen LogP contribution in [0.3, 0.4) is 0 Å². The number of aromatic nitrogens is 2. The van der Waals surface area contributed by atoms with Gasteiger partial charge in [-0.05, 0) is 30.2 Å². The third-order valence-electron chi connectivity index (χ3n) is 5.81. The first-order valence-electron chi connectivity index (χ1n) is 10.7. The van der Waals surface area contributed by atoms with E-state index in [0.29, 0.717) is 37.6 Å². The zero-order chi connectivity index (χ0) is 22.0. The topological polar surface area (TPSA) is 89.8 Å². The number of aromatic hydroxyl groups is 1. The molecule has 0 spiro atoms. The summed E-state index contributed by atoms with van der Waals surface area (Å²) in [6.45, 7) is 6.27. The van der Waals surface area contributed by atoms with Gasteiger partial charge in [-0.1, -0.05) is 38.1 Å². The number of benzene rings is 2. The normalized spacial score (nSPS) is 15.5. The molecule has 4 rings (SSSR count). The number of anilines is 1. The lowest BCUT2D eigenvalue weighted by atomic mass is 10.0. The van der Waals surface area contributed by atoms with Gasteiger partial charge in [0.2, 0.25) is 5.91 Å². The zero-order valence-electron chi connectivity index (χ0n) is 17.9. The van der Waals surface area contributed by atoms with Gasteiger partial charge in [0.15, 0.2) is 5.82 Å². The minimum Gasteiger partial charge on any atom is -0.507 e. The fourth-order valence-corrected chi connectivity index (χ4v) is 3.80. The van der Waals surface area contributed by atoms with Crippen LogP contribution in [-0.2, 0) is 4.79 Å². The van der Waals surface area contributed by atoms with Gasteiger partial charge < -0.3 is 20.0 Å². The van der Waals surface area contributed by atoms with Crippen molar-refractivity contribution in [3.63, 3.8) is 0 Å². The molecule has 1 amide bonds. The number of aliphatic hydroxyl groups excluding tert-OH is 1. The molecule has 1 unspecified atom stereocenters. The number of para-hydroxylation sites is 2. The summed E-state index contributed by atoms with van der Waals surface area (Å²) < 4.78 is 0. The Balaban J connectivity index is 1.59. The van der Waals surface area contributed by atoms with Crippen molar-refractivity contribution in [3.05, 3.63) is 48.5 Å². The number of hydrogen-bond acceptors (Lipinski definition) is 6. The highest BCUT2D eigenvalue weighted by atomic mass is 16.3. The molecule has 7 nitrogen and oxygen atoms in total. The van der Waals surface area contributed by atoms with Crippen LogP contribution in [0.15, 0.2) is 48.5 Å². The first kappa shape index (κ1) is 21.1. The Labute approximate surface area is 182 Å². The van der Waals surface area contributed by atoms with E-state index in [1.165, 1.54) is 0 Å². The van der Waals surface area contributed by atoms with E-state index in [2.05, 4.69) is 9.88 Å². The number of phenols is 1. The molecule has 31 heavy (non-hydrogen) atoms. The van der Waals surface area contributed by atoms with Gasteiger partial charge in [0.1, 0.15) is 11.6 Å². The Kier molecular flexibility index (Phi) is 6.04. The summed E-state index contributed by atoms with van der Waals surface area (Å²) in [5, 5.41) is 21.3. The summed E-state index contributed by atoms with van der Waals surface area (Å²) in [5.74, 6) is 1.47. The van der Waals surface area contributed by atoms with E-state index in [1.807, 2.05) is 49.1 Å². The number of carbonyl (C=O) groups is 1. The molecule has 1 aliphatic heterocycles. The van der Waals surface area contributed by atoms with E-state index in [4.69, 9.17) is 4.98 Å². The van der Waals surface area contributed by atoms with Crippen molar-refractivity contribution in [1.29, 1.82) is 0 Å². The third kappa shape index (κ3) is 4.46. The van der Waals surface area contributed by atoms with Crippen LogP contribution >= 0.6 is 0 Å². The smallest absolute Gasteiger partial charge is 0.225 e. The number of aliphatic hydroxyl groups is 1. The lowest BCUT2D eigenvalue weighted by Crippen LogP contribution is -2.49. The van der Waals surface area contributed by atoms with Crippen molar-refractivity contribution in [2.45, 2.75) is 26.4 Å². The monoisotopic (exact) mass is 420 g/mol. The maximum absolute atomic E-state index is 12.5. The molecule has 2 heterocycles. The van der Waals surface area contributed by atoms with E-state index in [9.17, 15) is 15.0 Å². The summed E-state index contributed by atoms with van der Waals surface area (Å²) in [7, 11) is 0. The highest BCUT2D eigenvalue weighted by Crippen LogP contribution is 2.31. The summed E-state index contributed by atoms with van der Waals surface area (Å²) in [4.78, 5) is 26.0. The van der Waals surface area contributed by atoms with Crippen LogP contribution in [0.1, 0.15) is 20.3 Å². The highest BCUT2D eigenvalue weighted by molar-refractivity contribution is 5.91. The standard InChI is InChI=1S/C24H28N4O3/c1-16(2)21(30)15-22(31)27-11-13-28(14-12-27)24-17-7-3-5-9-19(17)25-23(26-24)18-8-4-6-10-20(18)29/h3-10,16,21,29-30H,11-15H2,1-2H3.